The normalized spacial score (nSPS) is 14.2. The fraction of sp³-hybridized carbons (Fsp3) is 0.214. The third-order valence-corrected chi connectivity index (χ3v) is 3.19. The molecule has 2 amide bonds. The van der Waals surface area contributed by atoms with Crippen LogP contribution in [-0.2, 0) is 16.1 Å². The molecule has 1 aliphatic rings. The van der Waals surface area contributed by atoms with Gasteiger partial charge in [-0.05, 0) is 12.1 Å². The molecule has 0 aromatic carbocycles. The van der Waals surface area contributed by atoms with Crippen molar-refractivity contribution in [3.05, 3.63) is 42.4 Å². The number of hydrogen-bond donors (Lipinski definition) is 2. The first kappa shape index (κ1) is 13.9. The van der Waals surface area contributed by atoms with E-state index in [1.54, 1.807) is 35.4 Å². The van der Waals surface area contributed by atoms with Crippen molar-refractivity contribution in [2.24, 2.45) is 5.10 Å². The number of carbonyl (C=O) groups is 2. The third-order valence-electron chi connectivity index (χ3n) is 3.19. The highest BCUT2D eigenvalue weighted by Crippen LogP contribution is 2.10. The fourth-order valence-corrected chi connectivity index (χ4v) is 2.08. The minimum atomic E-state index is -0.296. The number of hydrogen-bond acceptors (Lipinski definition) is 5. The average molecular weight is 298 g/mol. The van der Waals surface area contributed by atoms with E-state index < -0.39 is 0 Å². The highest BCUT2D eigenvalue weighted by molar-refractivity contribution is 6.39. The van der Waals surface area contributed by atoms with Crippen LogP contribution in [0.2, 0.25) is 0 Å². The van der Waals surface area contributed by atoms with Gasteiger partial charge in [-0.25, -0.2) is 15.1 Å². The lowest BCUT2D eigenvalue weighted by Gasteiger charge is -2.13. The summed E-state index contributed by atoms with van der Waals surface area (Å²) in [5.74, 6) is 0.187. The second kappa shape index (κ2) is 6.17. The van der Waals surface area contributed by atoms with Gasteiger partial charge in [0.25, 0.3) is 5.91 Å². The summed E-state index contributed by atoms with van der Waals surface area (Å²) in [5, 5.41) is 10.7. The Hall–Kier alpha value is -3.03. The van der Waals surface area contributed by atoms with Crippen LogP contribution in [0, 0.1) is 0 Å². The molecule has 0 saturated heterocycles. The Morgan fingerprint density at radius 2 is 2.23 bits per heavy atom. The largest absolute Gasteiger partial charge is 0.347 e. The summed E-state index contributed by atoms with van der Waals surface area (Å²) in [5.41, 5.74) is 3.46. The van der Waals surface area contributed by atoms with Crippen LogP contribution >= 0.6 is 0 Å². The van der Waals surface area contributed by atoms with Gasteiger partial charge in [0.15, 0.2) is 5.82 Å². The summed E-state index contributed by atoms with van der Waals surface area (Å²) >= 11 is 0. The van der Waals surface area contributed by atoms with E-state index in [4.69, 9.17) is 0 Å². The molecule has 112 valence electrons. The molecule has 3 heterocycles. The Bertz CT molecular complexity index is 723. The lowest BCUT2D eigenvalue weighted by molar-refractivity contribution is -0.121. The van der Waals surface area contributed by atoms with Crippen LogP contribution in [0.3, 0.4) is 0 Å². The first-order chi connectivity index (χ1) is 10.7. The maximum Gasteiger partial charge on any atom is 0.267 e. The summed E-state index contributed by atoms with van der Waals surface area (Å²) in [6, 6.07) is 5.47. The monoisotopic (exact) mass is 298 g/mol. The van der Waals surface area contributed by atoms with Crippen LogP contribution in [0.25, 0.3) is 5.82 Å². The molecule has 0 fully saturated rings. The van der Waals surface area contributed by atoms with Gasteiger partial charge in [0.1, 0.15) is 5.71 Å². The van der Waals surface area contributed by atoms with E-state index in [1.165, 1.54) is 0 Å². The molecule has 0 saturated carbocycles. The minimum Gasteiger partial charge on any atom is -0.347 e. The second-order valence-electron chi connectivity index (χ2n) is 4.71. The zero-order chi connectivity index (χ0) is 15.4. The van der Waals surface area contributed by atoms with Crippen LogP contribution in [-0.4, -0.2) is 32.3 Å². The predicted octanol–water partition coefficient (Wildman–Crippen LogP) is 0.149. The van der Waals surface area contributed by atoms with E-state index in [0.717, 1.165) is 5.56 Å². The molecule has 2 N–H and O–H groups in total. The van der Waals surface area contributed by atoms with Crippen molar-refractivity contribution in [2.75, 3.05) is 0 Å². The maximum atomic E-state index is 12.0. The van der Waals surface area contributed by atoms with Crippen molar-refractivity contribution >= 4 is 17.5 Å². The number of pyridine rings is 1. The number of nitrogens with zero attached hydrogens (tertiary/aromatic N) is 4. The zero-order valence-corrected chi connectivity index (χ0v) is 11.7. The number of carbonyl (C=O) groups excluding carboxylic acids is 2. The van der Waals surface area contributed by atoms with E-state index in [0.29, 0.717) is 24.5 Å². The smallest absolute Gasteiger partial charge is 0.267 e. The molecule has 8 heteroatoms. The van der Waals surface area contributed by atoms with Crippen molar-refractivity contribution in [1.29, 1.82) is 0 Å². The molecule has 1 aliphatic heterocycles. The third kappa shape index (κ3) is 3.00. The first-order valence-corrected chi connectivity index (χ1v) is 6.81. The Balaban J connectivity index is 1.70. The van der Waals surface area contributed by atoms with Crippen molar-refractivity contribution in [3.63, 3.8) is 0 Å². The topological polar surface area (TPSA) is 101 Å². The van der Waals surface area contributed by atoms with Crippen molar-refractivity contribution < 1.29 is 9.59 Å². The van der Waals surface area contributed by atoms with Crippen LogP contribution < -0.4 is 10.7 Å². The van der Waals surface area contributed by atoms with Gasteiger partial charge in [0.2, 0.25) is 5.91 Å². The van der Waals surface area contributed by atoms with Gasteiger partial charge in [0, 0.05) is 43.5 Å². The maximum absolute atomic E-state index is 12.0. The number of amides is 2. The predicted molar refractivity (Wildman–Crippen MR) is 78.0 cm³/mol. The standard InChI is InChI=1S/C14H14N6O2/c21-12-5-4-11(18-19-12)14(22)16-9-10-3-1-6-15-13(10)20-8-2-7-17-20/h1-3,6-8H,4-5,9H2,(H,16,22)(H,19,21). The lowest BCUT2D eigenvalue weighted by atomic mass is 10.1. The van der Waals surface area contributed by atoms with Crippen LogP contribution in [0.4, 0.5) is 0 Å². The van der Waals surface area contributed by atoms with E-state index >= 15 is 0 Å². The van der Waals surface area contributed by atoms with E-state index in [-0.39, 0.29) is 18.2 Å². The highest BCUT2D eigenvalue weighted by atomic mass is 16.2. The molecule has 8 nitrogen and oxygen atoms in total. The molecule has 0 radical (unpaired) electrons. The summed E-state index contributed by atoms with van der Waals surface area (Å²) < 4.78 is 1.64. The zero-order valence-electron chi connectivity index (χ0n) is 11.7. The number of aromatic nitrogens is 3. The van der Waals surface area contributed by atoms with Crippen molar-refractivity contribution in [3.8, 4) is 5.82 Å². The molecular weight excluding hydrogens is 284 g/mol. The average Bonchev–Trinajstić information content (AvgIpc) is 3.08. The van der Waals surface area contributed by atoms with Crippen molar-refractivity contribution in [2.45, 2.75) is 19.4 Å². The second-order valence-corrected chi connectivity index (χ2v) is 4.71. The molecule has 2 aromatic heterocycles. The summed E-state index contributed by atoms with van der Waals surface area (Å²) in [6.45, 7) is 0.300. The van der Waals surface area contributed by atoms with E-state index in [1.807, 2.05) is 6.07 Å². The Morgan fingerprint density at radius 1 is 1.32 bits per heavy atom. The van der Waals surface area contributed by atoms with Gasteiger partial charge in [-0.1, -0.05) is 6.07 Å². The molecule has 3 rings (SSSR count). The Morgan fingerprint density at radius 3 is 2.95 bits per heavy atom. The molecule has 0 aliphatic carbocycles. The summed E-state index contributed by atoms with van der Waals surface area (Å²) in [7, 11) is 0. The quantitative estimate of drug-likeness (QED) is 0.839. The van der Waals surface area contributed by atoms with Crippen LogP contribution in [0.15, 0.2) is 41.9 Å². The fourth-order valence-electron chi connectivity index (χ4n) is 2.08. The van der Waals surface area contributed by atoms with Gasteiger partial charge >= 0.3 is 0 Å². The lowest BCUT2D eigenvalue weighted by Crippen LogP contribution is -2.36. The van der Waals surface area contributed by atoms with Gasteiger partial charge in [-0.3, -0.25) is 9.59 Å². The van der Waals surface area contributed by atoms with E-state index in [9.17, 15) is 9.59 Å². The molecule has 0 atom stereocenters. The van der Waals surface area contributed by atoms with Gasteiger partial charge < -0.3 is 5.32 Å². The van der Waals surface area contributed by atoms with E-state index in [2.05, 4.69) is 25.9 Å². The molecular formula is C14H14N6O2. The van der Waals surface area contributed by atoms with Gasteiger partial charge in [-0.2, -0.15) is 10.2 Å². The SMILES string of the molecule is O=C1CCC(C(=O)NCc2cccnc2-n2cccn2)=NN1. The van der Waals surface area contributed by atoms with Crippen LogP contribution in [0.1, 0.15) is 18.4 Å². The number of nitrogens with one attached hydrogen (secondary N) is 2. The molecule has 0 unspecified atom stereocenters. The number of rotatable bonds is 4. The number of hydrazone groups is 1. The molecule has 0 bridgehead atoms. The van der Waals surface area contributed by atoms with Crippen LogP contribution in [0.5, 0.6) is 0 Å². The molecule has 0 spiro atoms. The minimum absolute atomic E-state index is 0.176. The Labute approximate surface area is 126 Å². The summed E-state index contributed by atoms with van der Waals surface area (Å²) in [6.07, 6.45) is 5.74. The van der Waals surface area contributed by atoms with Gasteiger partial charge in [-0.15, -0.1) is 0 Å². The summed E-state index contributed by atoms with van der Waals surface area (Å²) in [4.78, 5) is 27.3. The van der Waals surface area contributed by atoms with Gasteiger partial charge in [0.05, 0.1) is 0 Å². The molecule has 2 aromatic rings. The highest BCUT2D eigenvalue weighted by Gasteiger charge is 2.18. The van der Waals surface area contributed by atoms with Crippen molar-refractivity contribution in [1.82, 2.24) is 25.5 Å². The Kier molecular flexibility index (Phi) is 3.90. The first-order valence-electron chi connectivity index (χ1n) is 6.81. The molecule has 22 heavy (non-hydrogen) atoms.